The molecule has 0 bridgehead atoms. The van der Waals surface area contributed by atoms with Crippen molar-refractivity contribution in [3.05, 3.63) is 48.6 Å². The van der Waals surface area contributed by atoms with Gasteiger partial charge in [0.2, 0.25) is 0 Å². The normalized spacial score (nSPS) is 11.8. The smallest absolute Gasteiger partial charge is 0.304 e. The van der Waals surface area contributed by atoms with Gasteiger partial charge in [0, 0.05) is 11.5 Å². The highest BCUT2D eigenvalue weighted by Crippen LogP contribution is 2.18. The first-order valence-electron chi connectivity index (χ1n) is 5.57. The maximum absolute atomic E-state index is 12.1. The largest absolute Gasteiger partial charge is 0.481 e. The zero-order valence-electron chi connectivity index (χ0n) is 9.63. The monoisotopic (exact) mass is 232 g/mol. The van der Waals surface area contributed by atoms with Gasteiger partial charge in [-0.3, -0.25) is 9.59 Å². The third-order valence-corrected chi connectivity index (χ3v) is 2.57. The number of hydrogen-bond donors (Lipinski definition) is 1. The molecule has 0 saturated carbocycles. The van der Waals surface area contributed by atoms with Crippen molar-refractivity contribution in [1.82, 2.24) is 0 Å². The average molecular weight is 232 g/mol. The summed E-state index contributed by atoms with van der Waals surface area (Å²) in [5.74, 6) is -1.51. The van der Waals surface area contributed by atoms with Crippen LogP contribution < -0.4 is 0 Å². The van der Waals surface area contributed by atoms with Gasteiger partial charge in [-0.15, -0.1) is 6.58 Å². The minimum Gasteiger partial charge on any atom is -0.481 e. The summed E-state index contributed by atoms with van der Waals surface area (Å²) in [6, 6.07) is 8.81. The summed E-state index contributed by atoms with van der Waals surface area (Å²) in [5.41, 5.74) is 0.572. The van der Waals surface area contributed by atoms with Gasteiger partial charge in [-0.2, -0.15) is 0 Å². The van der Waals surface area contributed by atoms with Crippen molar-refractivity contribution in [2.75, 3.05) is 0 Å². The molecule has 1 unspecified atom stereocenters. The van der Waals surface area contributed by atoms with E-state index in [1.165, 1.54) is 0 Å². The first-order valence-corrected chi connectivity index (χ1v) is 5.57. The van der Waals surface area contributed by atoms with Gasteiger partial charge in [-0.25, -0.2) is 0 Å². The van der Waals surface area contributed by atoms with E-state index in [0.29, 0.717) is 18.4 Å². The van der Waals surface area contributed by atoms with E-state index in [1.807, 2.05) is 6.07 Å². The summed E-state index contributed by atoms with van der Waals surface area (Å²) in [5, 5.41) is 8.80. The van der Waals surface area contributed by atoms with E-state index in [1.54, 1.807) is 30.3 Å². The average Bonchev–Trinajstić information content (AvgIpc) is 2.34. The van der Waals surface area contributed by atoms with Gasteiger partial charge >= 0.3 is 5.97 Å². The van der Waals surface area contributed by atoms with Crippen molar-refractivity contribution >= 4 is 11.8 Å². The van der Waals surface area contributed by atoms with Gasteiger partial charge in [-0.1, -0.05) is 36.4 Å². The fraction of sp³-hybridized carbons (Fsp3) is 0.286. The Balaban J connectivity index is 2.78. The van der Waals surface area contributed by atoms with E-state index >= 15 is 0 Å². The van der Waals surface area contributed by atoms with Crippen LogP contribution in [0.2, 0.25) is 0 Å². The molecule has 0 heterocycles. The molecular formula is C14H16O3. The Kier molecular flexibility index (Phi) is 5.14. The number of Topliss-reactive ketones (excluding diaryl/α,β-unsaturated/α-hetero) is 1. The first kappa shape index (κ1) is 13.2. The lowest BCUT2D eigenvalue weighted by atomic mass is 9.90. The molecule has 0 radical (unpaired) electrons. The van der Waals surface area contributed by atoms with Gasteiger partial charge in [-0.05, 0) is 12.8 Å². The predicted molar refractivity (Wildman–Crippen MR) is 65.9 cm³/mol. The Hall–Kier alpha value is -1.90. The summed E-state index contributed by atoms with van der Waals surface area (Å²) >= 11 is 0. The van der Waals surface area contributed by atoms with E-state index in [2.05, 4.69) is 6.58 Å². The Labute approximate surface area is 101 Å². The number of aliphatic carboxylic acids is 1. The Morgan fingerprint density at radius 3 is 2.47 bits per heavy atom. The molecule has 1 rings (SSSR count). The van der Waals surface area contributed by atoms with Crippen LogP contribution in [0, 0.1) is 5.92 Å². The number of carbonyl (C=O) groups is 2. The van der Waals surface area contributed by atoms with Gasteiger partial charge in [0.25, 0.3) is 0 Å². The van der Waals surface area contributed by atoms with Crippen LogP contribution in [-0.2, 0) is 4.79 Å². The number of hydrogen-bond acceptors (Lipinski definition) is 2. The molecule has 1 aromatic carbocycles. The highest BCUT2D eigenvalue weighted by atomic mass is 16.4. The van der Waals surface area contributed by atoms with Crippen molar-refractivity contribution in [2.24, 2.45) is 5.92 Å². The quantitative estimate of drug-likeness (QED) is 0.581. The van der Waals surface area contributed by atoms with Gasteiger partial charge in [0.15, 0.2) is 5.78 Å². The maximum atomic E-state index is 12.1. The summed E-state index contributed by atoms with van der Waals surface area (Å²) in [7, 11) is 0. The molecular weight excluding hydrogens is 216 g/mol. The predicted octanol–water partition coefficient (Wildman–Crippen LogP) is 2.93. The fourth-order valence-corrected chi connectivity index (χ4v) is 1.69. The van der Waals surface area contributed by atoms with Crippen LogP contribution >= 0.6 is 0 Å². The summed E-state index contributed by atoms with van der Waals surface area (Å²) in [6.45, 7) is 3.59. The molecule has 0 aliphatic rings. The molecule has 1 aromatic rings. The Morgan fingerprint density at radius 2 is 1.94 bits per heavy atom. The lowest BCUT2D eigenvalue weighted by molar-refractivity contribution is -0.137. The van der Waals surface area contributed by atoms with Gasteiger partial charge < -0.3 is 5.11 Å². The zero-order valence-corrected chi connectivity index (χ0v) is 9.63. The summed E-state index contributed by atoms with van der Waals surface area (Å²) in [6.07, 6.45) is 2.76. The second-order valence-corrected chi connectivity index (χ2v) is 3.89. The van der Waals surface area contributed by atoms with Crippen LogP contribution in [0.5, 0.6) is 0 Å². The zero-order chi connectivity index (χ0) is 12.7. The number of rotatable bonds is 7. The second kappa shape index (κ2) is 6.63. The van der Waals surface area contributed by atoms with Crippen LogP contribution in [-0.4, -0.2) is 16.9 Å². The van der Waals surface area contributed by atoms with Crippen LogP contribution in [0.15, 0.2) is 43.0 Å². The SMILES string of the molecule is C=CCCC(CC(=O)O)C(=O)c1ccccc1. The van der Waals surface area contributed by atoms with Crippen molar-refractivity contribution in [2.45, 2.75) is 19.3 Å². The molecule has 0 amide bonds. The second-order valence-electron chi connectivity index (χ2n) is 3.89. The number of allylic oxidation sites excluding steroid dienone is 1. The molecule has 0 fully saturated rings. The molecule has 0 aromatic heterocycles. The Morgan fingerprint density at radius 1 is 1.29 bits per heavy atom. The van der Waals surface area contributed by atoms with Crippen LogP contribution in [0.4, 0.5) is 0 Å². The van der Waals surface area contributed by atoms with E-state index in [4.69, 9.17) is 5.11 Å². The van der Waals surface area contributed by atoms with Gasteiger partial charge in [0.05, 0.1) is 6.42 Å². The number of carboxylic acid groups (broad SMARTS) is 1. The standard InChI is InChI=1S/C14H16O3/c1-2-3-7-12(10-13(15)16)14(17)11-8-5-4-6-9-11/h2,4-6,8-9,12H,1,3,7,10H2,(H,15,16). The van der Waals surface area contributed by atoms with Crippen molar-refractivity contribution < 1.29 is 14.7 Å². The number of carboxylic acids is 1. The van der Waals surface area contributed by atoms with Crippen LogP contribution in [0.3, 0.4) is 0 Å². The number of carbonyl (C=O) groups excluding carboxylic acids is 1. The minimum absolute atomic E-state index is 0.102. The third kappa shape index (κ3) is 4.23. The van der Waals surface area contributed by atoms with E-state index < -0.39 is 11.9 Å². The molecule has 0 aliphatic carbocycles. The number of benzene rings is 1. The van der Waals surface area contributed by atoms with E-state index in [-0.39, 0.29) is 12.2 Å². The van der Waals surface area contributed by atoms with Crippen molar-refractivity contribution in [3.8, 4) is 0 Å². The molecule has 1 atom stereocenters. The first-order chi connectivity index (χ1) is 8.15. The highest BCUT2D eigenvalue weighted by molar-refractivity contribution is 5.99. The summed E-state index contributed by atoms with van der Waals surface area (Å²) in [4.78, 5) is 22.8. The molecule has 0 saturated heterocycles. The molecule has 3 heteroatoms. The summed E-state index contributed by atoms with van der Waals surface area (Å²) < 4.78 is 0. The lowest BCUT2D eigenvalue weighted by Gasteiger charge is -2.12. The number of ketones is 1. The van der Waals surface area contributed by atoms with Crippen LogP contribution in [0.1, 0.15) is 29.6 Å². The lowest BCUT2D eigenvalue weighted by Crippen LogP contribution is -2.18. The minimum atomic E-state index is -0.941. The molecule has 3 nitrogen and oxygen atoms in total. The molecule has 0 aliphatic heterocycles. The molecule has 90 valence electrons. The fourth-order valence-electron chi connectivity index (χ4n) is 1.69. The Bertz CT molecular complexity index is 395. The maximum Gasteiger partial charge on any atom is 0.304 e. The molecule has 1 N–H and O–H groups in total. The van der Waals surface area contributed by atoms with Crippen LogP contribution in [0.25, 0.3) is 0 Å². The molecule has 17 heavy (non-hydrogen) atoms. The third-order valence-electron chi connectivity index (χ3n) is 2.57. The van der Waals surface area contributed by atoms with Gasteiger partial charge in [0.1, 0.15) is 0 Å². The van der Waals surface area contributed by atoms with Crippen molar-refractivity contribution in [1.29, 1.82) is 0 Å². The molecule has 0 spiro atoms. The van der Waals surface area contributed by atoms with Crippen molar-refractivity contribution in [3.63, 3.8) is 0 Å². The van der Waals surface area contributed by atoms with E-state index in [0.717, 1.165) is 0 Å². The topological polar surface area (TPSA) is 54.4 Å². The highest BCUT2D eigenvalue weighted by Gasteiger charge is 2.21. The van der Waals surface area contributed by atoms with E-state index in [9.17, 15) is 9.59 Å².